The van der Waals surface area contributed by atoms with Crippen molar-refractivity contribution < 1.29 is 9.53 Å². The van der Waals surface area contributed by atoms with Crippen molar-refractivity contribution in [2.45, 2.75) is 58.3 Å². The molecular formula is C12H23ClO2. The van der Waals surface area contributed by atoms with Crippen molar-refractivity contribution in [2.24, 2.45) is 0 Å². The Morgan fingerprint density at radius 1 is 1.07 bits per heavy atom. The lowest BCUT2D eigenvalue weighted by molar-refractivity contribution is -0.143. The van der Waals surface area contributed by atoms with Gasteiger partial charge in [0.1, 0.15) is 0 Å². The maximum Gasteiger partial charge on any atom is 0.305 e. The van der Waals surface area contributed by atoms with Crippen molar-refractivity contribution in [2.75, 3.05) is 12.5 Å². The Balaban J connectivity index is 3.06. The number of halogens is 1. The summed E-state index contributed by atoms with van der Waals surface area (Å²) in [7, 11) is 0. The number of rotatable bonds is 10. The van der Waals surface area contributed by atoms with Gasteiger partial charge in [-0.3, -0.25) is 4.79 Å². The normalized spacial score (nSPS) is 10.3. The van der Waals surface area contributed by atoms with Gasteiger partial charge in [-0.25, -0.2) is 0 Å². The fourth-order valence-electron chi connectivity index (χ4n) is 1.35. The Kier molecular flexibility index (Phi) is 11.6. The number of alkyl halides is 1. The Morgan fingerprint density at radius 2 is 1.73 bits per heavy atom. The van der Waals surface area contributed by atoms with E-state index in [1.165, 1.54) is 32.1 Å². The number of hydrogen-bond acceptors (Lipinski definition) is 2. The third kappa shape index (κ3) is 11.7. The molecule has 0 rings (SSSR count). The zero-order valence-corrected chi connectivity index (χ0v) is 10.5. The molecule has 0 aromatic rings. The van der Waals surface area contributed by atoms with Crippen LogP contribution in [0.1, 0.15) is 58.3 Å². The second kappa shape index (κ2) is 11.8. The van der Waals surface area contributed by atoms with Crippen LogP contribution in [0.5, 0.6) is 0 Å². The fourth-order valence-corrected chi connectivity index (χ4v) is 1.49. The van der Waals surface area contributed by atoms with E-state index in [4.69, 9.17) is 16.3 Å². The van der Waals surface area contributed by atoms with Crippen molar-refractivity contribution >= 4 is 17.6 Å². The van der Waals surface area contributed by atoms with Crippen LogP contribution < -0.4 is 0 Å². The first-order valence-corrected chi connectivity index (χ1v) is 6.56. The number of unbranched alkanes of at least 4 members (excludes halogenated alkanes) is 5. The van der Waals surface area contributed by atoms with Gasteiger partial charge >= 0.3 is 5.97 Å². The largest absolute Gasteiger partial charge is 0.466 e. The summed E-state index contributed by atoms with van der Waals surface area (Å²) in [5.74, 6) is 0.427. The summed E-state index contributed by atoms with van der Waals surface area (Å²) < 4.78 is 5.05. The lowest BCUT2D eigenvalue weighted by Gasteiger charge is -2.03. The lowest BCUT2D eigenvalue weighted by atomic mass is 10.1. The molecule has 90 valence electrons. The summed E-state index contributed by atoms with van der Waals surface area (Å²) in [5, 5.41) is 0. The molecule has 0 aliphatic rings. The zero-order chi connectivity index (χ0) is 11.4. The second-order valence-corrected chi connectivity index (χ2v) is 4.16. The van der Waals surface area contributed by atoms with Crippen LogP contribution in [-0.4, -0.2) is 18.5 Å². The summed E-state index contributed by atoms with van der Waals surface area (Å²) in [6.07, 6.45) is 8.49. The average molecular weight is 235 g/mol. The van der Waals surface area contributed by atoms with Crippen molar-refractivity contribution in [3.63, 3.8) is 0 Å². The van der Waals surface area contributed by atoms with Crippen LogP contribution in [0.2, 0.25) is 0 Å². The third-order valence-electron chi connectivity index (χ3n) is 2.28. The summed E-state index contributed by atoms with van der Waals surface area (Å²) in [4.78, 5) is 11.1. The van der Waals surface area contributed by atoms with Crippen molar-refractivity contribution in [3.05, 3.63) is 0 Å². The Labute approximate surface area is 98.3 Å². The van der Waals surface area contributed by atoms with Gasteiger partial charge in [0.15, 0.2) is 0 Å². The molecule has 0 saturated heterocycles. The average Bonchev–Trinajstić information content (AvgIpc) is 2.25. The molecular weight excluding hydrogens is 212 g/mol. The van der Waals surface area contributed by atoms with Crippen LogP contribution >= 0.6 is 11.6 Å². The van der Waals surface area contributed by atoms with E-state index >= 15 is 0 Å². The summed E-state index contributed by atoms with van der Waals surface area (Å²) in [6.45, 7) is 2.78. The van der Waals surface area contributed by atoms with Crippen LogP contribution in [0.4, 0.5) is 0 Å². The smallest absolute Gasteiger partial charge is 0.305 e. The van der Waals surface area contributed by atoms with Gasteiger partial charge in [-0.2, -0.15) is 0 Å². The molecule has 3 heteroatoms. The van der Waals surface area contributed by atoms with Gasteiger partial charge in [-0.1, -0.05) is 39.0 Å². The lowest BCUT2D eigenvalue weighted by Crippen LogP contribution is -2.05. The number of hydrogen-bond donors (Lipinski definition) is 0. The molecule has 0 saturated carbocycles. The molecule has 0 heterocycles. The molecule has 0 fully saturated rings. The van der Waals surface area contributed by atoms with Crippen LogP contribution in [0, 0.1) is 0 Å². The minimum absolute atomic E-state index is 0.107. The van der Waals surface area contributed by atoms with Crippen molar-refractivity contribution in [1.29, 1.82) is 0 Å². The van der Waals surface area contributed by atoms with Gasteiger partial charge in [0.05, 0.1) is 6.61 Å². The molecule has 0 aliphatic heterocycles. The highest BCUT2D eigenvalue weighted by atomic mass is 35.5. The Hall–Kier alpha value is -0.240. The molecule has 2 nitrogen and oxygen atoms in total. The number of carbonyl (C=O) groups is 1. The predicted molar refractivity (Wildman–Crippen MR) is 64.3 cm³/mol. The highest BCUT2D eigenvalue weighted by Gasteiger charge is 2.00. The van der Waals surface area contributed by atoms with E-state index in [1.54, 1.807) is 0 Å². The van der Waals surface area contributed by atoms with Gasteiger partial charge < -0.3 is 4.74 Å². The summed E-state index contributed by atoms with van der Waals surface area (Å²) in [5.41, 5.74) is 0. The molecule has 0 amide bonds. The maximum absolute atomic E-state index is 11.1. The van der Waals surface area contributed by atoms with Gasteiger partial charge in [-0.05, 0) is 12.8 Å². The van der Waals surface area contributed by atoms with Crippen LogP contribution in [0.15, 0.2) is 0 Å². The molecule has 0 spiro atoms. The van der Waals surface area contributed by atoms with Crippen molar-refractivity contribution in [1.82, 2.24) is 0 Å². The molecule has 0 atom stereocenters. The van der Waals surface area contributed by atoms with E-state index in [2.05, 4.69) is 6.92 Å². The second-order valence-electron chi connectivity index (χ2n) is 3.78. The predicted octanol–water partition coefficient (Wildman–Crippen LogP) is 3.91. The molecule has 0 aromatic carbocycles. The third-order valence-corrected chi connectivity index (χ3v) is 2.54. The van der Waals surface area contributed by atoms with E-state index in [0.29, 0.717) is 18.9 Å². The Bertz CT molecular complexity index is 149. The number of esters is 1. The fraction of sp³-hybridized carbons (Fsp3) is 0.917. The molecule has 15 heavy (non-hydrogen) atoms. The van der Waals surface area contributed by atoms with Crippen LogP contribution in [-0.2, 0) is 9.53 Å². The van der Waals surface area contributed by atoms with E-state index < -0.39 is 0 Å². The van der Waals surface area contributed by atoms with Gasteiger partial charge in [0.25, 0.3) is 0 Å². The standard InChI is InChI=1S/C12H23ClO2/c1-2-3-4-5-6-7-11-15-12(14)9-8-10-13/h2-11H2,1H3. The SMILES string of the molecule is CCCCCCCCOC(=O)CCCCl. The quantitative estimate of drug-likeness (QED) is 0.326. The summed E-state index contributed by atoms with van der Waals surface area (Å²) in [6, 6.07) is 0. The minimum atomic E-state index is -0.107. The first-order valence-electron chi connectivity index (χ1n) is 6.02. The topological polar surface area (TPSA) is 26.3 Å². The van der Waals surface area contributed by atoms with Crippen molar-refractivity contribution in [3.8, 4) is 0 Å². The first kappa shape index (κ1) is 14.8. The molecule has 0 bridgehead atoms. The molecule has 0 unspecified atom stereocenters. The monoisotopic (exact) mass is 234 g/mol. The summed E-state index contributed by atoms with van der Waals surface area (Å²) >= 11 is 5.47. The Morgan fingerprint density at radius 3 is 2.40 bits per heavy atom. The van der Waals surface area contributed by atoms with E-state index in [9.17, 15) is 4.79 Å². The number of carbonyl (C=O) groups excluding carboxylic acids is 1. The first-order chi connectivity index (χ1) is 7.31. The van der Waals surface area contributed by atoms with Crippen LogP contribution in [0.3, 0.4) is 0 Å². The maximum atomic E-state index is 11.1. The minimum Gasteiger partial charge on any atom is -0.466 e. The van der Waals surface area contributed by atoms with Gasteiger partial charge in [0.2, 0.25) is 0 Å². The molecule has 0 radical (unpaired) electrons. The molecule has 0 aliphatic carbocycles. The van der Waals surface area contributed by atoms with E-state index in [1.807, 2.05) is 0 Å². The van der Waals surface area contributed by atoms with Gasteiger partial charge in [-0.15, -0.1) is 11.6 Å². The molecule has 0 N–H and O–H groups in total. The molecule has 0 aromatic heterocycles. The van der Waals surface area contributed by atoms with Crippen LogP contribution in [0.25, 0.3) is 0 Å². The van der Waals surface area contributed by atoms with E-state index in [-0.39, 0.29) is 5.97 Å². The van der Waals surface area contributed by atoms with Gasteiger partial charge in [0, 0.05) is 12.3 Å². The zero-order valence-electron chi connectivity index (χ0n) is 9.77. The van der Waals surface area contributed by atoms with E-state index in [0.717, 1.165) is 12.8 Å². The number of ether oxygens (including phenoxy) is 1. The highest BCUT2D eigenvalue weighted by Crippen LogP contribution is 2.05. The highest BCUT2D eigenvalue weighted by molar-refractivity contribution is 6.17.